The van der Waals surface area contributed by atoms with Crippen LogP contribution in [-0.4, -0.2) is 11.6 Å². The number of carbonyl (C=O) groups excluding carboxylic acids is 2. The van der Waals surface area contributed by atoms with Gasteiger partial charge in [0.05, 0.1) is 0 Å². The van der Waals surface area contributed by atoms with Crippen LogP contribution in [-0.2, 0) is 9.59 Å². The molecule has 0 bridgehead atoms. The topological polar surface area (TPSA) is 34.1 Å². The summed E-state index contributed by atoms with van der Waals surface area (Å²) in [7, 11) is 0. The maximum Gasteiger partial charge on any atom is 0.152 e. The van der Waals surface area contributed by atoms with E-state index in [0.717, 1.165) is 38.5 Å². The Balaban J connectivity index is 2.15. The van der Waals surface area contributed by atoms with Crippen molar-refractivity contribution in [2.24, 2.45) is 11.8 Å². The van der Waals surface area contributed by atoms with Crippen molar-refractivity contribution in [3.8, 4) is 0 Å². The molecule has 0 aliphatic heterocycles. The van der Waals surface area contributed by atoms with Gasteiger partial charge in [0.2, 0.25) is 0 Å². The highest BCUT2D eigenvalue weighted by Crippen LogP contribution is 2.36. The summed E-state index contributed by atoms with van der Waals surface area (Å²) in [4.78, 5) is 22.9. The van der Waals surface area contributed by atoms with Gasteiger partial charge in [-0.1, -0.05) is 57.9 Å². The third-order valence-corrected chi connectivity index (χ3v) is 5.16. The first-order chi connectivity index (χ1) is 11.1. The number of allylic oxidation sites excluding steroid dienone is 2. The molecule has 0 aromatic rings. The van der Waals surface area contributed by atoms with Crippen molar-refractivity contribution in [3.63, 3.8) is 0 Å². The van der Waals surface area contributed by atoms with Crippen LogP contribution in [0.1, 0.15) is 97.3 Å². The van der Waals surface area contributed by atoms with E-state index >= 15 is 0 Å². The Kier molecular flexibility index (Phi) is 10.9. The van der Waals surface area contributed by atoms with Gasteiger partial charge in [-0.2, -0.15) is 0 Å². The lowest BCUT2D eigenvalue weighted by Gasteiger charge is -2.18. The van der Waals surface area contributed by atoms with Crippen molar-refractivity contribution in [1.29, 1.82) is 0 Å². The predicted octanol–water partition coefficient (Wildman–Crippen LogP) is 6.04. The number of rotatable bonds is 13. The monoisotopic (exact) mass is 320 g/mol. The minimum atomic E-state index is 0.120. The van der Waals surface area contributed by atoms with Crippen LogP contribution >= 0.6 is 0 Å². The first-order valence-corrected chi connectivity index (χ1v) is 9.85. The van der Waals surface area contributed by atoms with E-state index in [-0.39, 0.29) is 5.78 Å². The van der Waals surface area contributed by atoms with Crippen molar-refractivity contribution < 1.29 is 9.59 Å². The number of hydrogen-bond donors (Lipinski definition) is 0. The first-order valence-electron chi connectivity index (χ1n) is 9.85. The molecule has 0 spiro atoms. The van der Waals surface area contributed by atoms with E-state index < -0.39 is 0 Å². The molecule has 0 aromatic heterocycles. The second-order valence-electron chi connectivity index (χ2n) is 7.23. The fraction of sp³-hybridized carbons (Fsp3) is 0.810. The van der Waals surface area contributed by atoms with Crippen LogP contribution in [0.25, 0.3) is 0 Å². The third kappa shape index (κ3) is 9.07. The van der Waals surface area contributed by atoms with Crippen molar-refractivity contribution in [1.82, 2.24) is 0 Å². The van der Waals surface area contributed by atoms with Gasteiger partial charge >= 0.3 is 0 Å². The average Bonchev–Trinajstić information content (AvgIpc) is 2.86. The summed E-state index contributed by atoms with van der Waals surface area (Å²) in [6.45, 7) is 3.84. The van der Waals surface area contributed by atoms with Gasteiger partial charge < -0.3 is 0 Å². The summed E-state index contributed by atoms with van der Waals surface area (Å²) >= 11 is 0. The van der Waals surface area contributed by atoms with Gasteiger partial charge in [-0.3, -0.25) is 9.59 Å². The Morgan fingerprint density at radius 1 is 1.04 bits per heavy atom. The third-order valence-electron chi connectivity index (χ3n) is 5.16. The van der Waals surface area contributed by atoms with Crippen molar-refractivity contribution in [3.05, 3.63) is 12.2 Å². The molecule has 0 unspecified atom stereocenters. The Morgan fingerprint density at radius 3 is 2.48 bits per heavy atom. The van der Waals surface area contributed by atoms with Crippen molar-refractivity contribution >= 4 is 11.6 Å². The number of hydrogen-bond acceptors (Lipinski definition) is 2. The Bertz CT molecular complexity index is 370. The molecule has 1 saturated carbocycles. The molecule has 0 N–H and O–H groups in total. The first kappa shape index (κ1) is 20.1. The van der Waals surface area contributed by atoms with E-state index in [9.17, 15) is 9.59 Å². The van der Waals surface area contributed by atoms with Crippen molar-refractivity contribution in [2.45, 2.75) is 97.3 Å². The lowest BCUT2D eigenvalue weighted by Crippen LogP contribution is -2.14. The van der Waals surface area contributed by atoms with Crippen LogP contribution in [0.5, 0.6) is 0 Å². The van der Waals surface area contributed by atoms with Gasteiger partial charge in [0, 0.05) is 12.3 Å². The average molecular weight is 321 g/mol. The lowest BCUT2D eigenvalue weighted by molar-refractivity contribution is -0.121. The molecule has 132 valence electrons. The molecule has 2 atom stereocenters. The van der Waals surface area contributed by atoms with Crippen molar-refractivity contribution in [2.75, 3.05) is 0 Å². The van der Waals surface area contributed by atoms with Gasteiger partial charge in [0.25, 0.3) is 0 Å². The van der Waals surface area contributed by atoms with Crippen LogP contribution in [0.15, 0.2) is 12.2 Å². The second kappa shape index (κ2) is 12.5. The van der Waals surface area contributed by atoms with Crippen LogP contribution in [0.4, 0.5) is 0 Å². The van der Waals surface area contributed by atoms with Gasteiger partial charge in [-0.25, -0.2) is 0 Å². The van der Waals surface area contributed by atoms with E-state index in [2.05, 4.69) is 6.92 Å². The summed E-state index contributed by atoms with van der Waals surface area (Å²) in [6.07, 6.45) is 19.1. The zero-order valence-electron chi connectivity index (χ0n) is 15.3. The van der Waals surface area contributed by atoms with E-state index in [1.165, 1.54) is 44.9 Å². The molecule has 1 aliphatic rings. The van der Waals surface area contributed by atoms with Gasteiger partial charge in [0.15, 0.2) is 5.78 Å². The molecular formula is C21H36O2. The normalized spacial score (nSPS) is 21.4. The second-order valence-corrected chi connectivity index (χ2v) is 7.23. The summed E-state index contributed by atoms with van der Waals surface area (Å²) in [6, 6.07) is 0. The molecule has 2 nitrogen and oxygen atoms in total. The summed E-state index contributed by atoms with van der Waals surface area (Å²) in [5.41, 5.74) is 0. The Hall–Kier alpha value is -0.920. The summed E-state index contributed by atoms with van der Waals surface area (Å²) < 4.78 is 0. The van der Waals surface area contributed by atoms with Crippen LogP contribution < -0.4 is 0 Å². The summed E-state index contributed by atoms with van der Waals surface area (Å²) in [5, 5.41) is 0. The molecule has 2 heteroatoms. The molecule has 0 amide bonds. The highest BCUT2D eigenvalue weighted by molar-refractivity contribution is 5.87. The molecule has 0 saturated heterocycles. The minimum Gasteiger partial charge on any atom is -0.299 e. The zero-order chi connectivity index (χ0) is 16.9. The number of ketones is 2. The minimum absolute atomic E-state index is 0.120. The van der Waals surface area contributed by atoms with E-state index in [1.807, 2.05) is 6.08 Å². The number of unbranched alkanes of at least 4 members (excludes halogenated alkanes) is 7. The quantitative estimate of drug-likeness (QED) is 0.306. The molecule has 0 aromatic carbocycles. The Labute approximate surface area is 143 Å². The molecule has 1 rings (SSSR count). The highest BCUT2D eigenvalue weighted by Gasteiger charge is 2.33. The van der Waals surface area contributed by atoms with Gasteiger partial charge in [0.1, 0.15) is 5.78 Å². The molecule has 1 aliphatic carbocycles. The smallest absolute Gasteiger partial charge is 0.152 e. The molecule has 0 heterocycles. The maximum atomic E-state index is 12.1. The summed E-state index contributed by atoms with van der Waals surface area (Å²) in [5.74, 6) is 1.62. The fourth-order valence-corrected chi connectivity index (χ4v) is 3.78. The van der Waals surface area contributed by atoms with Crippen LogP contribution in [0, 0.1) is 11.8 Å². The fourth-order valence-electron chi connectivity index (χ4n) is 3.78. The van der Waals surface area contributed by atoms with Gasteiger partial charge in [-0.15, -0.1) is 0 Å². The number of Topliss-reactive ketones (excluding diaryl/α,β-unsaturated/α-hetero) is 1. The molecular weight excluding hydrogens is 284 g/mol. The molecule has 0 radical (unpaired) electrons. The van der Waals surface area contributed by atoms with E-state index in [1.54, 1.807) is 13.0 Å². The predicted molar refractivity (Wildman–Crippen MR) is 97.5 cm³/mol. The standard InChI is InChI=1S/C21H36O2/c1-3-4-5-6-7-11-14-19-16-17-21(23)20(19)15-12-9-8-10-13-18(2)22/h10,13,19-20H,3-9,11-12,14-17H2,1-2H3/t19-,20+/m0/s1. The van der Waals surface area contributed by atoms with E-state index in [4.69, 9.17) is 0 Å². The number of carbonyl (C=O) groups is 2. The largest absolute Gasteiger partial charge is 0.299 e. The molecule has 1 fully saturated rings. The maximum absolute atomic E-state index is 12.1. The lowest BCUT2D eigenvalue weighted by atomic mass is 9.86. The zero-order valence-corrected chi connectivity index (χ0v) is 15.3. The SMILES string of the molecule is CCCCCCCC[C@H]1CCC(=O)[C@@H]1CCCCC=CC(C)=O. The van der Waals surface area contributed by atoms with E-state index in [0.29, 0.717) is 17.6 Å². The Morgan fingerprint density at radius 2 is 1.74 bits per heavy atom. The highest BCUT2D eigenvalue weighted by atomic mass is 16.1. The molecule has 23 heavy (non-hydrogen) atoms. The van der Waals surface area contributed by atoms with Gasteiger partial charge in [-0.05, 0) is 51.0 Å². The van der Waals surface area contributed by atoms with Crippen LogP contribution in [0.2, 0.25) is 0 Å². The van der Waals surface area contributed by atoms with Crippen LogP contribution in [0.3, 0.4) is 0 Å².